The van der Waals surface area contributed by atoms with Crippen molar-refractivity contribution >= 4 is 0 Å². The number of aromatic nitrogens is 2. The zero-order valence-electron chi connectivity index (χ0n) is 7.25. The fourth-order valence-electron chi connectivity index (χ4n) is 1.24. The SMILES string of the molecule is Cn1ccnc1CNC1CNC1. The number of hydrogen-bond acceptors (Lipinski definition) is 3. The van der Waals surface area contributed by atoms with Crippen LogP contribution in [0, 0.1) is 0 Å². The molecule has 0 spiro atoms. The Morgan fingerprint density at radius 3 is 3.08 bits per heavy atom. The molecule has 2 N–H and O–H groups in total. The van der Waals surface area contributed by atoms with E-state index in [4.69, 9.17) is 0 Å². The molecule has 66 valence electrons. The summed E-state index contributed by atoms with van der Waals surface area (Å²) in [5.41, 5.74) is 0. The van der Waals surface area contributed by atoms with Crippen LogP contribution in [-0.4, -0.2) is 28.7 Å². The number of rotatable bonds is 3. The number of aryl methyl sites for hydroxylation is 1. The second-order valence-electron chi connectivity index (χ2n) is 3.19. The van der Waals surface area contributed by atoms with Crippen LogP contribution in [-0.2, 0) is 13.6 Å². The molecule has 1 aliphatic heterocycles. The van der Waals surface area contributed by atoms with Crippen molar-refractivity contribution in [2.45, 2.75) is 12.6 Å². The third-order valence-corrected chi connectivity index (χ3v) is 2.25. The normalized spacial score (nSPS) is 17.8. The van der Waals surface area contributed by atoms with E-state index in [0.717, 1.165) is 25.5 Å². The van der Waals surface area contributed by atoms with E-state index in [0.29, 0.717) is 6.04 Å². The third-order valence-electron chi connectivity index (χ3n) is 2.25. The first kappa shape index (κ1) is 7.76. The predicted octanol–water partition coefficient (Wildman–Crippen LogP) is -0.518. The van der Waals surface area contributed by atoms with Crippen LogP contribution in [0.15, 0.2) is 12.4 Å². The number of imidazole rings is 1. The number of nitrogens with one attached hydrogen (secondary N) is 2. The van der Waals surface area contributed by atoms with Crippen LogP contribution < -0.4 is 10.6 Å². The largest absolute Gasteiger partial charge is 0.337 e. The van der Waals surface area contributed by atoms with E-state index in [1.807, 2.05) is 24.0 Å². The maximum Gasteiger partial charge on any atom is 0.122 e. The standard InChI is InChI=1S/C8H14N4/c1-12-3-2-10-8(12)6-11-7-4-9-5-7/h2-3,7,9,11H,4-6H2,1H3. The summed E-state index contributed by atoms with van der Waals surface area (Å²) < 4.78 is 2.04. The van der Waals surface area contributed by atoms with Crippen molar-refractivity contribution in [1.29, 1.82) is 0 Å². The van der Waals surface area contributed by atoms with Gasteiger partial charge in [-0.15, -0.1) is 0 Å². The molecule has 0 radical (unpaired) electrons. The zero-order chi connectivity index (χ0) is 8.39. The minimum atomic E-state index is 0.640. The molecule has 2 rings (SSSR count). The van der Waals surface area contributed by atoms with Gasteiger partial charge in [-0.3, -0.25) is 0 Å². The molecule has 0 aliphatic carbocycles. The second-order valence-corrected chi connectivity index (χ2v) is 3.19. The lowest BCUT2D eigenvalue weighted by molar-refractivity contribution is 0.360. The Kier molecular flexibility index (Phi) is 2.10. The fourth-order valence-corrected chi connectivity index (χ4v) is 1.24. The van der Waals surface area contributed by atoms with E-state index in [-0.39, 0.29) is 0 Å². The topological polar surface area (TPSA) is 41.9 Å². The van der Waals surface area contributed by atoms with E-state index in [1.165, 1.54) is 0 Å². The minimum absolute atomic E-state index is 0.640. The smallest absolute Gasteiger partial charge is 0.122 e. The zero-order valence-corrected chi connectivity index (χ0v) is 7.25. The van der Waals surface area contributed by atoms with Crippen LogP contribution in [0.25, 0.3) is 0 Å². The lowest BCUT2D eigenvalue weighted by Gasteiger charge is -2.27. The summed E-state index contributed by atoms with van der Waals surface area (Å²) in [4.78, 5) is 4.23. The Morgan fingerprint density at radius 2 is 2.58 bits per heavy atom. The molecule has 4 heteroatoms. The van der Waals surface area contributed by atoms with Crippen LogP contribution in [0.3, 0.4) is 0 Å². The molecule has 1 aliphatic rings. The van der Waals surface area contributed by atoms with Crippen molar-refractivity contribution in [1.82, 2.24) is 20.2 Å². The van der Waals surface area contributed by atoms with Crippen LogP contribution in [0.2, 0.25) is 0 Å². The van der Waals surface area contributed by atoms with Crippen molar-refractivity contribution in [2.24, 2.45) is 7.05 Å². The van der Waals surface area contributed by atoms with E-state index in [1.54, 1.807) is 0 Å². The molecule has 1 saturated heterocycles. The van der Waals surface area contributed by atoms with Crippen molar-refractivity contribution in [3.8, 4) is 0 Å². The summed E-state index contributed by atoms with van der Waals surface area (Å²) in [6, 6.07) is 0.640. The van der Waals surface area contributed by atoms with Gasteiger partial charge >= 0.3 is 0 Å². The van der Waals surface area contributed by atoms with Crippen molar-refractivity contribution in [3.05, 3.63) is 18.2 Å². The van der Waals surface area contributed by atoms with E-state index in [9.17, 15) is 0 Å². The third kappa shape index (κ3) is 1.49. The molecule has 1 fully saturated rings. The van der Waals surface area contributed by atoms with Crippen molar-refractivity contribution in [3.63, 3.8) is 0 Å². The summed E-state index contributed by atoms with van der Waals surface area (Å²) in [6.07, 6.45) is 3.80. The highest BCUT2D eigenvalue weighted by Gasteiger charge is 2.15. The summed E-state index contributed by atoms with van der Waals surface area (Å²) in [6.45, 7) is 3.05. The lowest BCUT2D eigenvalue weighted by Crippen LogP contribution is -2.55. The molecule has 0 atom stereocenters. The molecular weight excluding hydrogens is 152 g/mol. The van der Waals surface area contributed by atoms with Crippen LogP contribution in [0.4, 0.5) is 0 Å². The first-order valence-corrected chi connectivity index (χ1v) is 4.26. The Balaban J connectivity index is 1.82. The quantitative estimate of drug-likeness (QED) is 0.635. The fraction of sp³-hybridized carbons (Fsp3) is 0.625. The maximum atomic E-state index is 4.23. The molecule has 0 saturated carbocycles. The average Bonchev–Trinajstić information content (AvgIpc) is 2.33. The first-order valence-electron chi connectivity index (χ1n) is 4.26. The molecule has 1 aromatic heterocycles. The van der Waals surface area contributed by atoms with Crippen LogP contribution in [0.1, 0.15) is 5.82 Å². The first-order chi connectivity index (χ1) is 5.86. The summed E-state index contributed by atoms with van der Waals surface area (Å²) in [5.74, 6) is 1.10. The van der Waals surface area contributed by atoms with Crippen LogP contribution >= 0.6 is 0 Å². The molecule has 0 bridgehead atoms. The minimum Gasteiger partial charge on any atom is -0.337 e. The Bertz CT molecular complexity index is 251. The maximum absolute atomic E-state index is 4.23. The van der Waals surface area contributed by atoms with Gasteiger partial charge in [-0.25, -0.2) is 4.98 Å². The van der Waals surface area contributed by atoms with Gasteiger partial charge in [-0.2, -0.15) is 0 Å². The van der Waals surface area contributed by atoms with Gasteiger partial charge in [0.1, 0.15) is 5.82 Å². The molecule has 0 unspecified atom stereocenters. The Morgan fingerprint density at radius 1 is 1.75 bits per heavy atom. The molecule has 0 amide bonds. The van der Waals surface area contributed by atoms with Crippen molar-refractivity contribution < 1.29 is 0 Å². The van der Waals surface area contributed by atoms with Gasteiger partial charge in [0.05, 0.1) is 6.54 Å². The molecule has 4 nitrogen and oxygen atoms in total. The van der Waals surface area contributed by atoms with Gasteiger partial charge in [0.25, 0.3) is 0 Å². The summed E-state index contributed by atoms with van der Waals surface area (Å²) >= 11 is 0. The van der Waals surface area contributed by atoms with Crippen LogP contribution in [0.5, 0.6) is 0 Å². The highest BCUT2D eigenvalue weighted by atomic mass is 15.1. The molecular formula is C8H14N4. The number of nitrogens with zero attached hydrogens (tertiary/aromatic N) is 2. The van der Waals surface area contributed by atoms with Gasteiger partial charge in [-0.05, 0) is 0 Å². The van der Waals surface area contributed by atoms with Crippen molar-refractivity contribution in [2.75, 3.05) is 13.1 Å². The molecule has 2 heterocycles. The van der Waals surface area contributed by atoms with Gasteiger partial charge in [-0.1, -0.05) is 0 Å². The predicted molar refractivity (Wildman–Crippen MR) is 46.7 cm³/mol. The van der Waals surface area contributed by atoms with E-state index < -0.39 is 0 Å². The highest BCUT2D eigenvalue weighted by molar-refractivity contribution is 4.92. The molecule has 0 aromatic carbocycles. The van der Waals surface area contributed by atoms with Gasteiger partial charge in [0, 0.05) is 38.6 Å². The average molecular weight is 166 g/mol. The summed E-state index contributed by atoms with van der Waals surface area (Å²) in [7, 11) is 2.02. The highest BCUT2D eigenvalue weighted by Crippen LogP contribution is 1.96. The Hall–Kier alpha value is -0.870. The molecule has 1 aromatic rings. The second kappa shape index (κ2) is 3.25. The lowest BCUT2D eigenvalue weighted by atomic mass is 10.2. The molecule has 12 heavy (non-hydrogen) atoms. The van der Waals surface area contributed by atoms with Gasteiger partial charge in [0.2, 0.25) is 0 Å². The Labute approximate surface area is 72.0 Å². The summed E-state index contributed by atoms with van der Waals surface area (Å²) in [5, 5.41) is 6.63. The van der Waals surface area contributed by atoms with E-state index in [2.05, 4.69) is 15.6 Å². The monoisotopic (exact) mass is 166 g/mol. The van der Waals surface area contributed by atoms with Gasteiger partial charge in [0.15, 0.2) is 0 Å². The number of hydrogen-bond donors (Lipinski definition) is 2. The van der Waals surface area contributed by atoms with E-state index >= 15 is 0 Å². The van der Waals surface area contributed by atoms with Gasteiger partial charge < -0.3 is 15.2 Å².